The number of likely N-dealkylation sites (N-methyl/N-ethyl adjacent to an activating group) is 1. The lowest BCUT2D eigenvalue weighted by Gasteiger charge is -2.20. The van der Waals surface area contributed by atoms with E-state index in [0.717, 1.165) is 0 Å². The summed E-state index contributed by atoms with van der Waals surface area (Å²) in [5, 5.41) is 0. The molecule has 0 fully saturated rings. The van der Waals surface area contributed by atoms with Crippen molar-refractivity contribution < 1.29 is 9.59 Å². The predicted molar refractivity (Wildman–Crippen MR) is 46.6 cm³/mol. The number of nitrogens with two attached hydrogens (primary N) is 1. The van der Waals surface area contributed by atoms with Gasteiger partial charge in [0.2, 0.25) is 5.91 Å². The normalized spacial score (nSPS) is 13.0. The Morgan fingerprint density at radius 3 is 2.17 bits per heavy atom. The van der Waals surface area contributed by atoms with Gasteiger partial charge in [0.1, 0.15) is 5.78 Å². The summed E-state index contributed by atoms with van der Waals surface area (Å²) in [6.07, 6.45) is 0.778. The third-order valence-corrected chi connectivity index (χ3v) is 1.76. The average molecular weight is 172 g/mol. The van der Waals surface area contributed by atoms with Crippen molar-refractivity contribution in [1.29, 1.82) is 0 Å². The molecule has 0 rings (SSSR count). The Morgan fingerprint density at radius 2 is 1.92 bits per heavy atom. The number of hydrogen-bond donors (Lipinski definition) is 1. The van der Waals surface area contributed by atoms with Crippen LogP contribution < -0.4 is 5.73 Å². The molecule has 0 saturated carbocycles. The largest absolute Gasteiger partial charge is 0.370 e. The van der Waals surface area contributed by atoms with Gasteiger partial charge in [-0.15, -0.1) is 0 Å². The van der Waals surface area contributed by atoms with Crippen molar-refractivity contribution in [2.45, 2.75) is 25.8 Å². The molecule has 0 bridgehead atoms. The van der Waals surface area contributed by atoms with Crippen LogP contribution in [-0.4, -0.2) is 36.7 Å². The Labute approximate surface area is 72.7 Å². The first-order valence-electron chi connectivity index (χ1n) is 3.90. The topological polar surface area (TPSA) is 63.4 Å². The van der Waals surface area contributed by atoms with Crippen LogP contribution in [0.2, 0.25) is 0 Å². The Hall–Kier alpha value is -0.900. The van der Waals surface area contributed by atoms with Crippen molar-refractivity contribution >= 4 is 11.7 Å². The van der Waals surface area contributed by atoms with E-state index in [1.54, 1.807) is 4.90 Å². The Morgan fingerprint density at radius 1 is 1.42 bits per heavy atom. The number of carbonyl (C=O) groups is 2. The number of carbonyl (C=O) groups excluding carboxylic acids is 2. The second-order valence-corrected chi connectivity index (χ2v) is 3.10. The van der Waals surface area contributed by atoms with Gasteiger partial charge in [-0.05, 0) is 27.4 Å². The molecule has 1 amide bonds. The number of Topliss-reactive ketones (excluding diaryl/α,β-unsaturated/α-hetero) is 1. The molecule has 0 unspecified atom stereocenters. The number of ketones is 1. The maximum atomic E-state index is 11.0. The average Bonchev–Trinajstić information content (AvgIpc) is 1.84. The quantitative estimate of drug-likeness (QED) is 0.623. The predicted octanol–water partition coefficient (Wildman–Crippen LogP) is -0.229. The van der Waals surface area contributed by atoms with Gasteiger partial charge in [-0.3, -0.25) is 14.5 Å². The summed E-state index contributed by atoms with van der Waals surface area (Å²) in [6.45, 7) is 1.52. The van der Waals surface area contributed by atoms with Crippen molar-refractivity contribution in [2.75, 3.05) is 14.1 Å². The molecule has 0 aromatic rings. The second kappa shape index (κ2) is 4.87. The zero-order valence-electron chi connectivity index (χ0n) is 7.83. The molecule has 0 spiro atoms. The van der Waals surface area contributed by atoms with Crippen LogP contribution in [0.15, 0.2) is 0 Å². The highest BCUT2D eigenvalue weighted by Gasteiger charge is 2.16. The van der Waals surface area contributed by atoms with E-state index < -0.39 is 0 Å². The van der Waals surface area contributed by atoms with Gasteiger partial charge in [0.05, 0.1) is 6.04 Å². The van der Waals surface area contributed by atoms with Gasteiger partial charge in [-0.1, -0.05) is 0 Å². The molecule has 0 radical (unpaired) electrons. The molecule has 0 saturated heterocycles. The molecule has 0 aliphatic carbocycles. The lowest BCUT2D eigenvalue weighted by Crippen LogP contribution is -2.35. The van der Waals surface area contributed by atoms with Crippen LogP contribution in [0.25, 0.3) is 0 Å². The third kappa shape index (κ3) is 4.08. The van der Waals surface area contributed by atoms with E-state index in [0.29, 0.717) is 6.42 Å². The molecule has 2 N–H and O–H groups in total. The Balaban J connectivity index is 3.97. The molecule has 12 heavy (non-hydrogen) atoms. The standard InChI is InChI=1S/C8H16N2O2/c1-6(11)7(10(2)3)4-5-8(9)12/h7H,4-5H2,1-3H3,(H2,9,12)/t7-/m1/s1. The molecular formula is C8H16N2O2. The molecule has 0 heterocycles. The number of hydrogen-bond acceptors (Lipinski definition) is 3. The van der Waals surface area contributed by atoms with Crippen molar-refractivity contribution in [3.05, 3.63) is 0 Å². The second-order valence-electron chi connectivity index (χ2n) is 3.10. The van der Waals surface area contributed by atoms with Gasteiger partial charge < -0.3 is 5.73 Å². The van der Waals surface area contributed by atoms with Crippen LogP contribution in [0.5, 0.6) is 0 Å². The molecule has 4 heteroatoms. The van der Waals surface area contributed by atoms with E-state index in [-0.39, 0.29) is 24.2 Å². The smallest absolute Gasteiger partial charge is 0.217 e. The molecule has 0 aromatic carbocycles. The molecule has 0 aliphatic heterocycles. The van der Waals surface area contributed by atoms with Crippen LogP contribution in [-0.2, 0) is 9.59 Å². The van der Waals surface area contributed by atoms with Crippen LogP contribution in [0.4, 0.5) is 0 Å². The molecule has 70 valence electrons. The Bertz CT molecular complexity index is 178. The first-order chi connectivity index (χ1) is 5.45. The first-order valence-corrected chi connectivity index (χ1v) is 3.90. The summed E-state index contributed by atoms with van der Waals surface area (Å²) in [4.78, 5) is 23.2. The highest BCUT2D eigenvalue weighted by molar-refractivity contribution is 5.82. The highest BCUT2D eigenvalue weighted by atomic mass is 16.1. The number of rotatable bonds is 5. The molecule has 1 atom stereocenters. The zero-order valence-corrected chi connectivity index (χ0v) is 7.83. The van der Waals surface area contributed by atoms with Crippen molar-refractivity contribution in [1.82, 2.24) is 4.90 Å². The summed E-state index contributed by atoms with van der Waals surface area (Å²) >= 11 is 0. The van der Waals surface area contributed by atoms with Gasteiger partial charge in [0.15, 0.2) is 0 Å². The minimum atomic E-state index is -0.358. The van der Waals surface area contributed by atoms with E-state index >= 15 is 0 Å². The van der Waals surface area contributed by atoms with E-state index in [4.69, 9.17) is 5.73 Å². The van der Waals surface area contributed by atoms with E-state index in [1.807, 2.05) is 14.1 Å². The van der Waals surface area contributed by atoms with Gasteiger partial charge in [-0.2, -0.15) is 0 Å². The van der Waals surface area contributed by atoms with Crippen molar-refractivity contribution in [2.24, 2.45) is 5.73 Å². The van der Waals surface area contributed by atoms with Crippen LogP contribution in [0, 0.1) is 0 Å². The van der Waals surface area contributed by atoms with Crippen LogP contribution in [0.3, 0.4) is 0 Å². The van der Waals surface area contributed by atoms with Crippen LogP contribution >= 0.6 is 0 Å². The summed E-state index contributed by atoms with van der Waals surface area (Å²) in [5.74, 6) is -0.288. The summed E-state index contributed by atoms with van der Waals surface area (Å²) in [5.41, 5.74) is 4.97. The fourth-order valence-electron chi connectivity index (χ4n) is 1.10. The minimum absolute atomic E-state index is 0.0706. The van der Waals surface area contributed by atoms with Crippen molar-refractivity contribution in [3.63, 3.8) is 0 Å². The monoisotopic (exact) mass is 172 g/mol. The van der Waals surface area contributed by atoms with Crippen molar-refractivity contribution in [3.8, 4) is 0 Å². The van der Waals surface area contributed by atoms with Gasteiger partial charge in [-0.25, -0.2) is 0 Å². The van der Waals surface area contributed by atoms with E-state index in [2.05, 4.69) is 0 Å². The number of amides is 1. The highest BCUT2D eigenvalue weighted by Crippen LogP contribution is 2.03. The minimum Gasteiger partial charge on any atom is -0.370 e. The van der Waals surface area contributed by atoms with Crippen LogP contribution in [0.1, 0.15) is 19.8 Å². The molecule has 4 nitrogen and oxygen atoms in total. The Kier molecular flexibility index (Phi) is 4.51. The van der Waals surface area contributed by atoms with E-state index in [9.17, 15) is 9.59 Å². The fourth-order valence-corrected chi connectivity index (χ4v) is 1.10. The molecule has 0 aromatic heterocycles. The third-order valence-electron chi connectivity index (χ3n) is 1.76. The molecule has 0 aliphatic rings. The summed E-state index contributed by atoms with van der Waals surface area (Å²) < 4.78 is 0. The SMILES string of the molecule is CC(=O)[C@@H](CCC(N)=O)N(C)C. The van der Waals surface area contributed by atoms with Gasteiger partial charge in [0.25, 0.3) is 0 Å². The lowest BCUT2D eigenvalue weighted by molar-refractivity contribution is -0.122. The summed E-state index contributed by atoms with van der Waals surface area (Å²) in [6, 6.07) is -0.183. The zero-order chi connectivity index (χ0) is 9.72. The van der Waals surface area contributed by atoms with Gasteiger partial charge >= 0.3 is 0 Å². The number of nitrogens with zero attached hydrogens (tertiary/aromatic N) is 1. The fraction of sp³-hybridized carbons (Fsp3) is 0.750. The van der Waals surface area contributed by atoms with E-state index in [1.165, 1.54) is 6.92 Å². The lowest BCUT2D eigenvalue weighted by atomic mass is 10.1. The molecular weight excluding hydrogens is 156 g/mol. The number of primary amides is 1. The first kappa shape index (κ1) is 11.1. The maximum absolute atomic E-state index is 11.0. The van der Waals surface area contributed by atoms with Gasteiger partial charge in [0, 0.05) is 6.42 Å². The summed E-state index contributed by atoms with van der Waals surface area (Å²) in [7, 11) is 3.63. The maximum Gasteiger partial charge on any atom is 0.217 e.